The van der Waals surface area contributed by atoms with Crippen LogP contribution in [0.25, 0.3) is 0 Å². The van der Waals surface area contributed by atoms with Crippen LogP contribution in [0.15, 0.2) is 18.2 Å². The minimum Gasteiger partial charge on any atom is -0.308 e. The third kappa shape index (κ3) is 1.21. The van der Waals surface area contributed by atoms with E-state index in [9.17, 15) is 4.39 Å². The molecule has 52 valence electrons. The average molecular weight is 137 g/mol. The van der Waals surface area contributed by atoms with Gasteiger partial charge in [0.05, 0.1) is 0 Å². The van der Waals surface area contributed by atoms with Crippen molar-refractivity contribution in [3.05, 3.63) is 35.1 Å². The molecule has 0 aliphatic carbocycles. The van der Waals surface area contributed by atoms with Crippen molar-refractivity contribution in [1.29, 1.82) is 5.41 Å². The van der Waals surface area contributed by atoms with Gasteiger partial charge in [0.1, 0.15) is 5.82 Å². The second kappa shape index (κ2) is 2.60. The van der Waals surface area contributed by atoms with Crippen LogP contribution in [0.5, 0.6) is 0 Å². The summed E-state index contributed by atoms with van der Waals surface area (Å²) in [6.07, 6.45) is 1.20. The van der Waals surface area contributed by atoms with Crippen LogP contribution < -0.4 is 0 Å². The number of hydrogen-bond donors (Lipinski definition) is 1. The van der Waals surface area contributed by atoms with Crippen molar-refractivity contribution in [1.82, 2.24) is 0 Å². The molecule has 0 aliphatic rings. The largest absolute Gasteiger partial charge is 0.308 e. The SMILES string of the molecule is Cc1cc(C=N)ccc1F. The molecule has 0 atom stereocenters. The first-order chi connectivity index (χ1) is 4.74. The Balaban J connectivity index is 3.16. The van der Waals surface area contributed by atoms with Gasteiger partial charge in [-0.15, -0.1) is 0 Å². The van der Waals surface area contributed by atoms with E-state index in [1.807, 2.05) is 0 Å². The molecule has 1 aromatic carbocycles. The van der Waals surface area contributed by atoms with Crippen LogP contribution in [0.3, 0.4) is 0 Å². The molecular weight excluding hydrogens is 129 g/mol. The Morgan fingerprint density at radius 1 is 1.50 bits per heavy atom. The van der Waals surface area contributed by atoms with Gasteiger partial charge in [-0.25, -0.2) is 4.39 Å². The fourth-order valence-electron chi connectivity index (χ4n) is 0.758. The molecule has 0 radical (unpaired) electrons. The molecule has 0 fully saturated rings. The highest BCUT2D eigenvalue weighted by Crippen LogP contribution is 2.06. The molecule has 0 amide bonds. The van der Waals surface area contributed by atoms with Gasteiger partial charge in [-0.05, 0) is 30.2 Å². The van der Waals surface area contributed by atoms with E-state index in [1.54, 1.807) is 19.1 Å². The summed E-state index contributed by atoms with van der Waals surface area (Å²) < 4.78 is 12.6. The maximum Gasteiger partial charge on any atom is 0.126 e. The van der Waals surface area contributed by atoms with Gasteiger partial charge < -0.3 is 5.41 Å². The van der Waals surface area contributed by atoms with Gasteiger partial charge in [-0.2, -0.15) is 0 Å². The number of hydrogen-bond acceptors (Lipinski definition) is 1. The van der Waals surface area contributed by atoms with Crippen molar-refractivity contribution in [3.8, 4) is 0 Å². The second-order valence-electron chi connectivity index (χ2n) is 2.15. The molecule has 0 heterocycles. The maximum absolute atomic E-state index is 12.6. The van der Waals surface area contributed by atoms with Crippen LogP contribution >= 0.6 is 0 Å². The Morgan fingerprint density at radius 2 is 2.20 bits per heavy atom. The molecule has 1 N–H and O–H groups in total. The Labute approximate surface area is 59.0 Å². The van der Waals surface area contributed by atoms with Crippen LogP contribution in [0.4, 0.5) is 4.39 Å². The summed E-state index contributed by atoms with van der Waals surface area (Å²) in [6, 6.07) is 4.59. The van der Waals surface area contributed by atoms with Crippen LogP contribution in [-0.4, -0.2) is 6.21 Å². The molecule has 1 aromatic rings. The molecular formula is C8H8FN. The number of rotatable bonds is 1. The van der Waals surface area contributed by atoms with Crippen molar-refractivity contribution in [2.24, 2.45) is 0 Å². The highest BCUT2D eigenvalue weighted by Gasteiger charge is 1.94. The summed E-state index contributed by atoms with van der Waals surface area (Å²) in [7, 11) is 0. The van der Waals surface area contributed by atoms with E-state index < -0.39 is 0 Å². The minimum absolute atomic E-state index is 0.217. The number of nitrogens with one attached hydrogen (secondary N) is 1. The summed E-state index contributed by atoms with van der Waals surface area (Å²) in [5, 5.41) is 6.86. The molecule has 0 aliphatic heterocycles. The fourth-order valence-corrected chi connectivity index (χ4v) is 0.758. The topological polar surface area (TPSA) is 23.9 Å². The first kappa shape index (κ1) is 6.93. The summed E-state index contributed by atoms with van der Waals surface area (Å²) in [5.74, 6) is -0.217. The Hall–Kier alpha value is -1.18. The lowest BCUT2D eigenvalue weighted by atomic mass is 10.1. The molecule has 0 spiro atoms. The van der Waals surface area contributed by atoms with Crippen molar-refractivity contribution in [2.45, 2.75) is 6.92 Å². The number of benzene rings is 1. The standard InChI is InChI=1S/C8H8FN/c1-6-4-7(5-10)2-3-8(6)9/h2-5,10H,1H3. The quantitative estimate of drug-likeness (QED) is 0.573. The first-order valence-corrected chi connectivity index (χ1v) is 3.00. The number of aryl methyl sites for hydroxylation is 1. The highest BCUT2D eigenvalue weighted by atomic mass is 19.1. The van der Waals surface area contributed by atoms with Crippen LogP contribution in [0.2, 0.25) is 0 Å². The third-order valence-electron chi connectivity index (χ3n) is 1.35. The second-order valence-corrected chi connectivity index (χ2v) is 2.15. The minimum atomic E-state index is -0.217. The Bertz CT molecular complexity index is 255. The summed E-state index contributed by atoms with van der Waals surface area (Å²) in [4.78, 5) is 0. The third-order valence-corrected chi connectivity index (χ3v) is 1.35. The zero-order valence-corrected chi connectivity index (χ0v) is 5.69. The van der Waals surface area contributed by atoms with Crippen molar-refractivity contribution < 1.29 is 4.39 Å². The predicted molar refractivity (Wildman–Crippen MR) is 39.0 cm³/mol. The van der Waals surface area contributed by atoms with E-state index in [4.69, 9.17) is 5.41 Å². The molecule has 0 bridgehead atoms. The molecule has 1 nitrogen and oxygen atoms in total. The lowest BCUT2D eigenvalue weighted by molar-refractivity contribution is 0.618. The van der Waals surface area contributed by atoms with Crippen molar-refractivity contribution >= 4 is 6.21 Å². The van der Waals surface area contributed by atoms with E-state index in [1.165, 1.54) is 12.3 Å². The average Bonchev–Trinajstić information content (AvgIpc) is 1.95. The number of halogens is 1. The molecule has 0 aromatic heterocycles. The van der Waals surface area contributed by atoms with E-state index in [2.05, 4.69) is 0 Å². The first-order valence-electron chi connectivity index (χ1n) is 3.00. The summed E-state index contributed by atoms with van der Waals surface area (Å²) in [6.45, 7) is 1.68. The molecule has 0 saturated carbocycles. The smallest absolute Gasteiger partial charge is 0.126 e. The predicted octanol–water partition coefficient (Wildman–Crippen LogP) is 2.13. The highest BCUT2D eigenvalue weighted by molar-refractivity contribution is 5.77. The van der Waals surface area contributed by atoms with Crippen LogP contribution in [-0.2, 0) is 0 Å². The molecule has 10 heavy (non-hydrogen) atoms. The molecule has 2 heteroatoms. The molecule has 0 saturated heterocycles. The van der Waals surface area contributed by atoms with Gasteiger partial charge in [0.15, 0.2) is 0 Å². The zero-order chi connectivity index (χ0) is 7.56. The Kier molecular flexibility index (Phi) is 1.81. The Morgan fingerprint density at radius 3 is 2.70 bits per heavy atom. The van der Waals surface area contributed by atoms with Gasteiger partial charge >= 0.3 is 0 Å². The van der Waals surface area contributed by atoms with Crippen molar-refractivity contribution in [3.63, 3.8) is 0 Å². The summed E-state index contributed by atoms with van der Waals surface area (Å²) in [5.41, 5.74) is 1.32. The lowest BCUT2D eigenvalue weighted by Gasteiger charge is -1.95. The normalized spacial score (nSPS) is 9.40. The van der Waals surface area contributed by atoms with Gasteiger partial charge in [-0.3, -0.25) is 0 Å². The van der Waals surface area contributed by atoms with E-state index in [-0.39, 0.29) is 5.82 Å². The van der Waals surface area contributed by atoms with Gasteiger partial charge in [-0.1, -0.05) is 6.07 Å². The monoisotopic (exact) mass is 137 g/mol. The maximum atomic E-state index is 12.6. The van der Waals surface area contributed by atoms with Gasteiger partial charge in [0, 0.05) is 6.21 Å². The fraction of sp³-hybridized carbons (Fsp3) is 0.125. The van der Waals surface area contributed by atoms with E-state index in [0.29, 0.717) is 5.56 Å². The van der Waals surface area contributed by atoms with Gasteiger partial charge in [0.2, 0.25) is 0 Å². The molecule has 0 unspecified atom stereocenters. The molecule has 1 rings (SSSR count). The van der Waals surface area contributed by atoms with Gasteiger partial charge in [0.25, 0.3) is 0 Å². The van der Waals surface area contributed by atoms with Crippen LogP contribution in [0.1, 0.15) is 11.1 Å². The van der Waals surface area contributed by atoms with Crippen molar-refractivity contribution in [2.75, 3.05) is 0 Å². The zero-order valence-electron chi connectivity index (χ0n) is 5.69. The van der Waals surface area contributed by atoms with E-state index >= 15 is 0 Å². The van der Waals surface area contributed by atoms with E-state index in [0.717, 1.165) is 5.56 Å². The lowest BCUT2D eigenvalue weighted by Crippen LogP contribution is -1.84. The van der Waals surface area contributed by atoms with Crippen LogP contribution in [0, 0.1) is 18.2 Å². The summed E-state index contributed by atoms with van der Waals surface area (Å²) >= 11 is 0.